The van der Waals surface area contributed by atoms with Gasteiger partial charge in [-0.15, -0.1) is 0 Å². The first kappa shape index (κ1) is 29.3. The van der Waals surface area contributed by atoms with E-state index in [-0.39, 0.29) is 19.6 Å². The van der Waals surface area contributed by atoms with Gasteiger partial charge in [0.1, 0.15) is 12.3 Å². The van der Waals surface area contributed by atoms with E-state index < -0.39 is 28.6 Å². The highest BCUT2D eigenvalue weighted by Crippen LogP contribution is 2.44. The molecule has 3 aromatic rings. The summed E-state index contributed by atoms with van der Waals surface area (Å²) in [5, 5.41) is 6.18. The highest BCUT2D eigenvalue weighted by Gasteiger charge is 2.40. The maximum Gasteiger partial charge on any atom is 0.416 e. The molecule has 0 spiro atoms. The number of amides is 2. The highest BCUT2D eigenvalue weighted by molar-refractivity contribution is 6.31. The zero-order chi connectivity index (χ0) is 29.1. The predicted octanol–water partition coefficient (Wildman–Crippen LogP) is 6.44. The largest absolute Gasteiger partial charge is 0.486 e. The van der Waals surface area contributed by atoms with Crippen molar-refractivity contribution in [2.75, 3.05) is 18.9 Å². The molecule has 11 heteroatoms. The number of carbonyl (C=O) groups is 2. The van der Waals surface area contributed by atoms with E-state index in [1.54, 1.807) is 25.1 Å². The predicted molar refractivity (Wildman–Crippen MR) is 148 cm³/mol. The van der Waals surface area contributed by atoms with Gasteiger partial charge < -0.3 is 20.3 Å². The third-order valence-corrected chi connectivity index (χ3v) is 6.78. The SMILES string of the molecule is CN(C(=O)CNC(=O)Cc1ccc(C(F)(F)F)cc1)C1=C(OCc2ccccc2)c2cc(Cl)ccc2NC1(C)Cl. The van der Waals surface area contributed by atoms with Crippen molar-refractivity contribution in [1.29, 1.82) is 0 Å². The summed E-state index contributed by atoms with van der Waals surface area (Å²) in [6.07, 6.45) is -4.66. The molecule has 0 bridgehead atoms. The molecule has 3 aromatic carbocycles. The zero-order valence-corrected chi connectivity index (χ0v) is 23.1. The van der Waals surface area contributed by atoms with Crippen molar-refractivity contribution in [1.82, 2.24) is 10.2 Å². The van der Waals surface area contributed by atoms with Crippen LogP contribution in [0.15, 0.2) is 78.5 Å². The van der Waals surface area contributed by atoms with Crippen molar-refractivity contribution in [3.63, 3.8) is 0 Å². The summed E-state index contributed by atoms with van der Waals surface area (Å²) < 4.78 is 44.6. The van der Waals surface area contributed by atoms with E-state index in [9.17, 15) is 22.8 Å². The third kappa shape index (κ3) is 6.89. The lowest BCUT2D eigenvalue weighted by Crippen LogP contribution is -2.47. The van der Waals surface area contributed by atoms with Crippen LogP contribution in [0.4, 0.5) is 18.9 Å². The summed E-state index contributed by atoms with van der Waals surface area (Å²) in [5.74, 6) is -0.663. The summed E-state index contributed by atoms with van der Waals surface area (Å²) in [6.45, 7) is 1.51. The molecule has 2 amide bonds. The fourth-order valence-electron chi connectivity index (χ4n) is 4.29. The number of anilines is 1. The molecular weight excluding hydrogens is 566 g/mol. The van der Waals surface area contributed by atoms with E-state index in [0.717, 1.165) is 17.7 Å². The molecule has 1 atom stereocenters. The van der Waals surface area contributed by atoms with Gasteiger partial charge in [-0.05, 0) is 48.4 Å². The summed E-state index contributed by atoms with van der Waals surface area (Å²) >= 11 is 13.2. The van der Waals surface area contributed by atoms with Gasteiger partial charge in [0.05, 0.1) is 18.5 Å². The first-order chi connectivity index (χ1) is 18.8. The number of nitrogens with zero attached hydrogens (tertiary/aromatic N) is 1. The smallest absolute Gasteiger partial charge is 0.416 e. The molecule has 2 N–H and O–H groups in total. The maximum atomic E-state index is 13.2. The number of fused-ring (bicyclic) bond motifs is 1. The summed E-state index contributed by atoms with van der Waals surface area (Å²) in [4.78, 5) is 25.7. The minimum absolute atomic E-state index is 0.191. The van der Waals surface area contributed by atoms with Gasteiger partial charge in [-0.2, -0.15) is 13.2 Å². The van der Waals surface area contributed by atoms with Crippen LogP contribution in [0.25, 0.3) is 5.76 Å². The number of hydrogen-bond donors (Lipinski definition) is 2. The quantitative estimate of drug-likeness (QED) is 0.233. The summed E-state index contributed by atoms with van der Waals surface area (Å²) in [6, 6.07) is 18.9. The van der Waals surface area contributed by atoms with Crippen molar-refractivity contribution < 1.29 is 27.5 Å². The Bertz CT molecular complexity index is 1430. The maximum absolute atomic E-state index is 13.2. The van der Waals surface area contributed by atoms with E-state index in [1.807, 2.05) is 30.3 Å². The Morgan fingerprint density at radius 1 is 1.02 bits per heavy atom. The Morgan fingerprint density at radius 3 is 2.35 bits per heavy atom. The Morgan fingerprint density at radius 2 is 1.70 bits per heavy atom. The first-order valence-corrected chi connectivity index (χ1v) is 13.0. The highest BCUT2D eigenvalue weighted by atomic mass is 35.5. The van der Waals surface area contributed by atoms with Crippen molar-refractivity contribution >= 4 is 46.5 Å². The Kier molecular flexibility index (Phi) is 8.65. The van der Waals surface area contributed by atoms with Gasteiger partial charge in [0, 0.05) is 23.3 Å². The molecular formula is C29H26Cl2F3N3O3. The van der Waals surface area contributed by atoms with Crippen molar-refractivity contribution in [3.05, 3.63) is 106 Å². The Balaban J connectivity index is 1.53. The van der Waals surface area contributed by atoms with E-state index in [2.05, 4.69) is 10.6 Å². The van der Waals surface area contributed by atoms with Crippen LogP contribution in [0, 0.1) is 0 Å². The molecule has 6 nitrogen and oxygen atoms in total. The average Bonchev–Trinajstić information content (AvgIpc) is 2.90. The molecule has 40 heavy (non-hydrogen) atoms. The standard InChI is InChI=1S/C29H26Cl2F3N3O3/c1-28(31)27(26(40-17-19-6-4-3-5-7-19)22-15-21(30)12-13-23(22)36-28)37(2)25(39)16-35-24(38)14-18-8-10-20(11-9-18)29(32,33)34/h3-13,15,36H,14,16-17H2,1-2H3,(H,35,38). The molecule has 1 aliphatic rings. The van der Waals surface area contributed by atoms with Gasteiger partial charge >= 0.3 is 6.18 Å². The fourth-order valence-corrected chi connectivity index (χ4v) is 4.77. The number of benzene rings is 3. The number of likely N-dealkylation sites (N-methyl/N-ethyl adjacent to an activating group) is 1. The normalized spacial score (nSPS) is 16.6. The van der Waals surface area contributed by atoms with Gasteiger partial charge in [0.25, 0.3) is 0 Å². The number of nitrogens with one attached hydrogen (secondary N) is 2. The lowest BCUT2D eigenvalue weighted by molar-refractivity contribution is -0.137. The Labute approximate surface area is 239 Å². The molecule has 0 aromatic heterocycles. The molecule has 210 valence electrons. The number of carbonyl (C=O) groups excluding carboxylic acids is 2. The van der Waals surface area contributed by atoms with E-state index >= 15 is 0 Å². The molecule has 1 aliphatic heterocycles. The number of ether oxygens (including phenoxy) is 1. The molecule has 0 aliphatic carbocycles. The molecule has 1 heterocycles. The van der Waals surface area contributed by atoms with Gasteiger partial charge in [-0.3, -0.25) is 9.59 Å². The topological polar surface area (TPSA) is 70.7 Å². The van der Waals surface area contributed by atoms with Crippen molar-refractivity contribution in [2.45, 2.75) is 31.1 Å². The Hall–Kier alpha value is -3.69. The molecule has 0 saturated carbocycles. The second kappa shape index (κ2) is 11.8. The van der Waals surface area contributed by atoms with Crippen LogP contribution in [-0.4, -0.2) is 35.3 Å². The first-order valence-electron chi connectivity index (χ1n) is 12.2. The van der Waals surface area contributed by atoms with Crippen LogP contribution in [0.3, 0.4) is 0 Å². The second-order valence-electron chi connectivity index (χ2n) is 9.37. The number of halogens is 5. The monoisotopic (exact) mass is 591 g/mol. The minimum atomic E-state index is -4.47. The molecule has 4 rings (SSSR count). The number of alkyl halides is 4. The lowest BCUT2D eigenvalue weighted by atomic mass is 9.99. The molecule has 0 radical (unpaired) electrons. The van der Waals surface area contributed by atoms with E-state index in [4.69, 9.17) is 27.9 Å². The second-order valence-corrected chi connectivity index (χ2v) is 10.6. The van der Waals surface area contributed by atoms with Crippen LogP contribution in [-0.2, 0) is 33.5 Å². The third-order valence-electron chi connectivity index (χ3n) is 6.27. The molecule has 0 fully saturated rings. The van der Waals surface area contributed by atoms with Gasteiger partial charge in [0.15, 0.2) is 10.8 Å². The van der Waals surface area contributed by atoms with Gasteiger partial charge in [-0.25, -0.2) is 0 Å². The van der Waals surface area contributed by atoms with Crippen molar-refractivity contribution in [2.24, 2.45) is 0 Å². The average molecular weight is 592 g/mol. The van der Waals surface area contributed by atoms with E-state index in [1.165, 1.54) is 24.1 Å². The van der Waals surface area contributed by atoms with Crippen LogP contribution in [0.5, 0.6) is 0 Å². The molecule has 0 saturated heterocycles. The van der Waals surface area contributed by atoms with Crippen molar-refractivity contribution in [3.8, 4) is 0 Å². The molecule has 1 unspecified atom stereocenters. The van der Waals surface area contributed by atoms with Gasteiger partial charge in [-0.1, -0.05) is 65.7 Å². The summed E-state index contributed by atoms with van der Waals surface area (Å²) in [5.41, 5.74) is 2.07. The van der Waals surface area contributed by atoms with Crippen LogP contribution < -0.4 is 10.6 Å². The number of hydrogen-bond acceptors (Lipinski definition) is 4. The van der Waals surface area contributed by atoms with Crippen LogP contribution in [0.1, 0.15) is 29.2 Å². The fraction of sp³-hybridized carbons (Fsp3) is 0.241. The summed E-state index contributed by atoms with van der Waals surface area (Å²) in [7, 11) is 1.52. The zero-order valence-electron chi connectivity index (χ0n) is 21.6. The number of rotatable bonds is 8. The van der Waals surface area contributed by atoms with Crippen LogP contribution >= 0.6 is 23.2 Å². The lowest BCUT2D eigenvalue weighted by Gasteiger charge is -2.39. The van der Waals surface area contributed by atoms with E-state index in [0.29, 0.717) is 33.3 Å². The van der Waals surface area contributed by atoms with Gasteiger partial charge in [0.2, 0.25) is 11.8 Å². The minimum Gasteiger partial charge on any atom is -0.486 e. The van der Waals surface area contributed by atoms with Crippen LogP contribution in [0.2, 0.25) is 5.02 Å².